The Bertz CT molecular complexity index is 185. The maximum Gasteiger partial charge on any atom is 0.0771 e. The third-order valence-corrected chi connectivity index (χ3v) is 2.34. The molecule has 0 spiro atoms. The van der Waals surface area contributed by atoms with Gasteiger partial charge in [0.1, 0.15) is 0 Å². The lowest BCUT2D eigenvalue weighted by atomic mass is 10.2. The van der Waals surface area contributed by atoms with E-state index in [1.165, 1.54) is 6.42 Å². The van der Waals surface area contributed by atoms with Crippen LogP contribution in [0.2, 0.25) is 0 Å². The molecule has 1 saturated heterocycles. The molecule has 12 heavy (non-hydrogen) atoms. The van der Waals surface area contributed by atoms with E-state index in [2.05, 4.69) is 27.6 Å². The highest BCUT2D eigenvalue weighted by Crippen LogP contribution is 2.11. The van der Waals surface area contributed by atoms with Gasteiger partial charge in [0.2, 0.25) is 0 Å². The predicted molar refractivity (Wildman–Crippen MR) is 58.6 cm³/mol. The third-order valence-electron chi connectivity index (χ3n) is 1.71. The summed E-state index contributed by atoms with van der Waals surface area (Å²) < 4.78 is 6.36. The van der Waals surface area contributed by atoms with Gasteiger partial charge in [0, 0.05) is 22.6 Å². The van der Waals surface area contributed by atoms with E-state index < -0.39 is 0 Å². The summed E-state index contributed by atoms with van der Waals surface area (Å²) in [6, 6.07) is 0. The van der Waals surface area contributed by atoms with Crippen LogP contribution >= 0.6 is 22.6 Å². The van der Waals surface area contributed by atoms with Gasteiger partial charge in [0.05, 0.1) is 12.6 Å². The zero-order valence-electron chi connectivity index (χ0n) is 6.87. The zero-order valence-corrected chi connectivity index (χ0v) is 9.03. The first kappa shape index (κ1) is 9.98. The Balaban J connectivity index is 2.19. The fourth-order valence-electron chi connectivity index (χ4n) is 1.09. The first-order valence-electron chi connectivity index (χ1n) is 4.01. The quantitative estimate of drug-likeness (QED) is 0.628. The molecule has 3 nitrogen and oxygen atoms in total. The highest BCUT2D eigenvalue weighted by molar-refractivity contribution is 14.1. The molecule has 0 aliphatic carbocycles. The lowest BCUT2D eigenvalue weighted by molar-refractivity contribution is 0.118. The van der Waals surface area contributed by atoms with E-state index in [9.17, 15) is 0 Å². The Labute approximate surface area is 86.2 Å². The van der Waals surface area contributed by atoms with Crippen LogP contribution in [0.15, 0.2) is 14.8 Å². The smallest absolute Gasteiger partial charge is 0.0771 e. The summed E-state index contributed by atoms with van der Waals surface area (Å²) in [6.45, 7) is 1.66. The molecule has 0 amide bonds. The van der Waals surface area contributed by atoms with Crippen molar-refractivity contribution in [1.29, 1.82) is 0 Å². The molecule has 0 aromatic carbocycles. The molecule has 1 rings (SSSR count). The summed E-state index contributed by atoms with van der Waals surface area (Å²) in [4.78, 5) is 4.22. The number of ether oxygens (including phenoxy) is 1. The number of nitrogens with two attached hydrogens (primary N) is 1. The van der Waals surface area contributed by atoms with Crippen LogP contribution in [-0.2, 0) is 4.74 Å². The molecule has 1 aliphatic heterocycles. The summed E-state index contributed by atoms with van der Waals surface area (Å²) in [6.07, 6.45) is 5.97. The highest BCUT2D eigenvalue weighted by Gasteiger charge is 2.13. The average molecular weight is 280 g/mol. The Kier molecular flexibility index (Phi) is 4.60. The molecular formula is C8H13IN2O. The highest BCUT2D eigenvalue weighted by atomic mass is 127. The number of halogens is 1. The largest absolute Gasteiger partial charge is 0.404 e. The van der Waals surface area contributed by atoms with Gasteiger partial charge < -0.3 is 10.5 Å². The van der Waals surface area contributed by atoms with Gasteiger partial charge in [-0.3, -0.25) is 4.99 Å². The van der Waals surface area contributed by atoms with Crippen molar-refractivity contribution in [2.75, 3.05) is 13.2 Å². The van der Waals surface area contributed by atoms with Crippen molar-refractivity contribution in [3.63, 3.8) is 0 Å². The molecule has 1 unspecified atom stereocenters. The maximum absolute atomic E-state index is 5.40. The van der Waals surface area contributed by atoms with Crippen molar-refractivity contribution in [2.24, 2.45) is 10.7 Å². The van der Waals surface area contributed by atoms with Crippen molar-refractivity contribution in [2.45, 2.75) is 18.9 Å². The normalized spacial score (nSPS) is 25.4. The molecule has 68 valence electrons. The van der Waals surface area contributed by atoms with Crippen molar-refractivity contribution >= 4 is 28.8 Å². The fraction of sp³-hybridized carbons (Fsp3) is 0.625. The van der Waals surface area contributed by atoms with Crippen molar-refractivity contribution in [3.8, 4) is 0 Å². The van der Waals surface area contributed by atoms with Gasteiger partial charge in [-0.25, -0.2) is 0 Å². The van der Waals surface area contributed by atoms with E-state index in [1.807, 2.05) is 0 Å². The SMILES string of the molecule is N/C=C(/I)C=NCC1CCCO1. The van der Waals surface area contributed by atoms with Gasteiger partial charge in [0.15, 0.2) is 0 Å². The van der Waals surface area contributed by atoms with Crippen LogP contribution in [0.3, 0.4) is 0 Å². The van der Waals surface area contributed by atoms with Crippen molar-refractivity contribution < 1.29 is 4.74 Å². The number of nitrogens with zero attached hydrogens (tertiary/aromatic N) is 1. The summed E-state index contributed by atoms with van der Waals surface area (Å²) in [7, 11) is 0. The first-order valence-corrected chi connectivity index (χ1v) is 5.09. The molecule has 4 heteroatoms. The topological polar surface area (TPSA) is 47.6 Å². The number of hydrogen-bond acceptors (Lipinski definition) is 3. The zero-order chi connectivity index (χ0) is 8.81. The second kappa shape index (κ2) is 5.53. The summed E-state index contributed by atoms with van der Waals surface area (Å²) in [5.74, 6) is 0. The number of rotatable bonds is 3. The predicted octanol–water partition coefficient (Wildman–Crippen LogP) is 1.47. The molecule has 0 saturated carbocycles. The lowest BCUT2D eigenvalue weighted by Gasteiger charge is -2.03. The molecule has 0 bridgehead atoms. The Morgan fingerprint density at radius 3 is 3.17 bits per heavy atom. The molecule has 2 N–H and O–H groups in total. The van der Waals surface area contributed by atoms with Gasteiger partial charge in [0.25, 0.3) is 0 Å². The second-order valence-electron chi connectivity index (χ2n) is 2.68. The molecule has 0 aromatic rings. The van der Waals surface area contributed by atoms with Crippen LogP contribution in [0.25, 0.3) is 0 Å². The summed E-state index contributed by atoms with van der Waals surface area (Å²) in [5.41, 5.74) is 5.27. The minimum absolute atomic E-state index is 0.336. The van der Waals surface area contributed by atoms with E-state index in [4.69, 9.17) is 10.5 Å². The van der Waals surface area contributed by atoms with Crippen molar-refractivity contribution in [1.82, 2.24) is 0 Å². The van der Waals surface area contributed by atoms with E-state index in [-0.39, 0.29) is 0 Å². The van der Waals surface area contributed by atoms with Crippen LogP contribution in [-0.4, -0.2) is 25.5 Å². The standard InChI is InChI=1S/C8H13IN2O/c9-7(4-10)5-11-6-8-2-1-3-12-8/h4-5,8H,1-3,6,10H2/b7-4+,11-5?. The third kappa shape index (κ3) is 3.53. The second-order valence-corrected chi connectivity index (χ2v) is 3.93. The maximum atomic E-state index is 5.40. The molecule has 0 aromatic heterocycles. The number of allylic oxidation sites excluding steroid dienone is 1. The van der Waals surface area contributed by atoms with E-state index >= 15 is 0 Å². The summed E-state index contributed by atoms with van der Waals surface area (Å²) in [5, 5.41) is 0. The van der Waals surface area contributed by atoms with Gasteiger partial charge in [-0.15, -0.1) is 0 Å². The Morgan fingerprint density at radius 1 is 1.75 bits per heavy atom. The number of aliphatic imine (C=N–C) groups is 1. The van der Waals surface area contributed by atoms with Crippen LogP contribution in [0.4, 0.5) is 0 Å². The van der Waals surface area contributed by atoms with Gasteiger partial charge in [-0.1, -0.05) is 0 Å². The summed E-state index contributed by atoms with van der Waals surface area (Å²) >= 11 is 2.14. The van der Waals surface area contributed by atoms with E-state index in [1.54, 1.807) is 12.4 Å². The Hall–Kier alpha value is -0.100. The lowest BCUT2D eigenvalue weighted by Crippen LogP contribution is -2.08. The van der Waals surface area contributed by atoms with Gasteiger partial charge in [-0.05, 0) is 35.4 Å². The van der Waals surface area contributed by atoms with Crippen LogP contribution < -0.4 is 5.73 Å². The monoisotopic (exact) mass is 280 g/mol. The van der Waals surface area contributed by atoms with Crippen LogP contribution in [0, 0.1) is 0 Å². The van der Waals surface area contributed by atoms with Crippen LogP contribution in [0.5, 0.6) is 0 Å². The fourth-order valence-corrected chi connectivity index (χ4v) is 1.29. The van der Waals surface area contributed by atoms with E-state index in [0.29, 0.717) is 6.10 Å². The Morgan fingerprint density at radius 2 is 2.58 bits per heavy atom. The minimum Gasteiger partial charge on any atom is -0.404 e. The average Bonchev–Trinajstić information content (AvgIpc) is 2.57. The van der Waals surface area contributed by atoms with Crippen molar-refractivity contribution in [3.05, 3.63) is 9.78 Å². The minimum atomic E-state index is 0.336. The van der Waals surface area contributed by atoms with Gasteiger partial charge in [-0.2, -0.15) is 0 Å². The van der Waals surface area contributed by atoms with Crippen LogP contribution in [0.1, 0.15) is 12.8 Å². The number of hydrogen-bond donors (Lipinski definition) is 1. The molecule has 1 fully saturated rings. The van der Waals surface area contributed by atoms with E-state index in [0.717, 1.165) is 23.2 Å². The molecule has 1 atom stereocenters. The molecule has 1 heterocycles. The van der Waals surface area contributed by atoms with Gasteiger partial charge >= 0.3 is 0 Å². The molecular weight excluding hydrogens is 267 g/mol. The molecule has 1 aliphatic rings. The molecule has 0 radical (unpaired) electrons. The first-order chi connectivity index (χ1) is 5.83.